The Morgan fingerprint density at radius 1 is 1.20 bits per heavy atom. The molecular formula is C19H29ClN4O4S2. The topological polar surface area (TPSA) is 113 Å². The van der Waals surface area contributed by atoms with E-state index in [1.54, 1.807) is 4.31 Å². The standard InChI is InChI=1S/C19H29ClN4O4S2/c20-16-5-4-14-6-9-23-13-15-3-1-8-24(18(15)12-19(23)17(14)11-16)29(25,26)10-2-7-22-30(21,27)28/h4-5,11,15,18-19,22H,1-3,6-10,12-13H2,(H2,21,27,28)/t15-,18+,19+/m1/s1. The summed E-state index contributed by atoms with van der Waals surface area (Å²) < 4.78 is 52.1. The van der Waals surface area contributed by atoms with Gasteiger partial charge in [0, 0.05) is 43.3 Å². The summed E-state index contributed by atoms with van der Waals surface area (Å²) in [6.45, 7) is 2.44. The number of nitrogens with zero attached hydrogens (tertiary/aromatic N) is 2. The van der Waals surface area contributed by atoms with Crippen LogP contribution in [0.25, 0.3) is 0 Å². The monoisotopic (exact) mass is 476 g/mol. The van der Waals surface area contributed by atoms with Gasteiger partial charge in [-0.15, -0.1) is 0 Å². The molecule has 3 aliphatic heterocycles. The van der Waals surface area contributed by atoms with Gasteiger partial charge in [-0.3, -0.25) is 4.90 Å². The van der Waals surface area contributed by atoms with Crippen LogP contribution in [0.15, 0.2) is 18.2 Å². The molecule has 0 aromatic heterocycles. The van der Waals surface area contributed by atoms with Crippen molar-refractivity contribution in [3.8, 4) is 0 Å². The van der Waals surface area contributed by atoms with Crippen LogP contribution in [0.1, 0.15) is 42.9 Å². The lowest BCUT2D eigenvalue weighted by atomic mass is 9.77. The molecule has 2 saturated heterocycles. The molecule has 168 valence electrons. The Morgan fingerprint density at radius 3 is 2.77 bits per heavy atom. The van der Waals surface area contributed by atoms with Crippen molar-refractivity contribution in [1.82, 2.24) is 13.9 Å². The first kappa shape index (κ1) is 22.4. The number of nitrogens with two attached hydrogens (primary N) is 1. The van der Waals surface area contributed by atoms with Crippen LogP contribution < -0.4 is 9.86 Å². The summed E-state index contributed by atoms with van der Waals surface area (Å²) in [5.41, 5.74) is 2.53. The highest BCUT2D eigenvalue weighted by Gasteiger charge is 2.45. The van der Waals surface area contributed by atoms with Crippen molar-refractivity contribution < 1.29 is 16.8 Å². The van der Waals surface area contributed by atoms with Crippen molar-refractivity contribution >= 4 is 31.8 Å². The first-order chi connectivity index (χ1) is 14.1. The molecule has 2 fully saturated rings. The molecule has 1 aromatic rings. The highest BCUT2D eigenvalue weighted by molar-refractivity contribution is 7.89. The fourth-order valence-electron chi connectivity index (χ4n) is 5.30. The highest BCUT2D eigenvalue weighted by Crippen LogP contribution is 2.44. The zero-order valence-corrected chi connectivity index (χ0v) is 19.2. The Bertz CT molecular complexity index is 1000. The van der Waals surface area contributed by atoms with E-state index in [0.717, 1.165) is 38.8 Å². The summed E-state index contributed by atoms with van der Waals surface area (Å²) in [6.07, 6.45) is 3.86. The van der Waals surface area contributed by atoms with E-state index >= 15 is 0 Å². The lowest BCUT2D eigenvalue weighted by molar-refractivity contribution is 0.0220. The zero-order chi connectivity index (χ0) is 21.5. The van der Waals surface area contributed by atoms with Gasteiger partial charge in [-0.05, 0) is 61.3 Å². The molecule has 3 atom stereocenters. The second-order valence-electron chi connectivity index (χ2n) is 8.53. The van der Waals surface area contributed by atoms with E-state index < -0.39 is 20.2 Å². The molecule has 0 amide bonds. The van der Waals surface area contributed by atoms with Gasteiger partial charge in [0.1, 0.15) is 0 Å². The minimum Gasteiger partial charge on any atom is -0.296 e. The molecule has 1 aromatic carbocycles. The third-order valence-corrected chi connectivity index (χ3v) is 9.43. The summed E-state index contributed by atoms with van der Waals surface area (Å²) in [4.78, 5) is 2.49. The molecular weight excluding hydrogens is 448 g/mol. The minimum atomic E-state index is -3.81. The van der Waals surface area contributed by atoms with E-state index in [9.17, 15) is 16.8 Å². The molecule has 8 nitrogen and oxygen atoms in total. The molecule has 3 aliphatic rings. The second kappa shape index (κ2) is 8.65. The lowest BCUT2D eigenvalue weighted by Gasteiger charge is -2.51. The van der Waals surface area contributed by atoms with Gasteiger partial charge < -0.3 is 0 Å². The molecule has 0 aliphatic carbocycles. The summed E-state index contributed by atoms with van der Waals surface area (Å²) >= 11 is 6.27. The Morgan fingerprint density at radius 2 is 2.00 bits per heavy atom. The van der Waals surface area contributed by atoms with Crippen molar-refractivity contribution in [3.05, 3.63) is 34.3 Å². The van der Waals surface area contributed by atoms with Crippen LogP contribution in [0.2, 0.25) is 5.02 Å². The maximum Gasteiger partial charge on any atom is 0.274 e. The van der Waals surface area contributed by atoms with Gasteiger partial charge in [-0.1, -0.05) is 17.7 Å². The van der Waals surface area contributed by atoms with Crippen molar-refractivity contribution in [2.24, 2.45) is 11.1 Å². The number of piperidine rings is 2. The molecule has 30 heavy (non-hydrogen) atoms. The summed E-state index contributed by atoms with van der Waals surface area (Å²) in [5.74, 6) is 0.239. The molecule has 0 bridgehead atoms. The van der Waals surface area contributed by atoms with Gasteiger partial charge in [0.25, 0.3) is 10.2 Å². The maximum atomic E-state index is 13.1. The SMILES string of the molecule is NS(=O)(=O)NCCCS(=O)(=O)N1CCC[C@@H]2CN3CCc4ccc(Cl)cc4[C@@H]3C[C@@H]21. The smallest absolute Gasteiger partial charge is 0.274 e. The van der Waals surface area contributed by atoms with Crippen LogP contribution in [-0.2, 0) is 26.7 Å². The van der Waals surface area contributed by atoms with Crippen molar-refractivity contribution in [2.75, 3.05) is 31.9 Å². The normalized spacial score (nSPS) is 27.9. The molecule has 11 heteroatoms. The van der Waals surface area contributed by atoms with E-state index in [-0.39, 0.29) is 30.8 Å². The number of halogens is 1. The second-order valence-corrected chi connectivity index (χ2v) is 12.4. The molecule has 3 heterocycles. The molecule has 0 saturated carbocycles. The largest absolute Gasteiger partial charge is 0.296 e. The summed E-state index contributed by atoms with van der Waals surface area (Å²) in [5, 5.41) is 5.63. The van der Waals surface area contributed by atoms with Gasteiger partial charge in [-0.25, -0.2) is 18.3 Å². The van der Waals surface area contributed by atoms with E-state index in [1.807, 2.05) is 12.1 Å². The molecule has 0 radical (unpaired) electrons. The first-order valence-electron chi connectivity index (χ1n) is 10.4. The van der Waals surface area contributed by atoms with Gasteiger partial charge in [-0.2, -0.15) is 12.7 Å². The van der Waals surface area contributed by atoms with Gasteiger partial charge in [0.05, 0.1) is 5.75 Å². The minimum absolute atomic E-state index is 0.0161. The first-order valence-corrected chi connectivity index (χ1v) is 14.0. The predicted molar refractivity (Wildman–Crippen MR) is 117 cm³/mol. The molecule has 0 unspecified atom stereocenters. The van der Waals surface area contributed by atoms with E-state index in [2.05, 4.69) is 15.7 Å². The van der Waals surface area contributed by atoms with Gasteiger partial charge >= 0.3 is 0 Å². The third-order valence-electron chi connectivity index (χ3n) is 6.62. The van der Waals surface area contributed by atoms with Crippen LogP contribution in [-0.4, -0.2) is 64.0 Å². The predicted octanol–water partition coefficient (Wildman–Crippen LogP) is 1.24. The van der Waals surface area contributed by atoms with E-state index in [4.69, 9.17) is 16.7 Å². The molecule has 0 spiro atoms. The quantitative estimate of drug-likeness (QED) is 0.600. The van der Waals surface area contributed by atoms with E-state index in [0.29, 0.717) is 17.5 Å². The number of hydrogen-bond donors (Lipinski definition) is 2. The Balaban J connectivity index is 1.50. The van der Waals surface area contributed by atoms with Crippen LogP contribution in [0.3, 0.4) is 0 Å². The lowest BCUT2D eigenvalue weighted by Crippen LogP contribution is -2.57. The van der Waals surface area contributed by atoms with Crippen molar-refractivity contribution in [3.63, 3.8) is 0 Å². The van der Waals surface area contributed by atoms with E-state index in [1.165, 1.54) is 11.1 Å². The Hall–Kier alpha value is -0.750. The molecule has 3 N–H and O–H groups in total. The molecule has 4 rings (SSSR count). The zero-order valence-electron chi connectivity index (χ0n) is 16.8. The fraction of sp³-hybridized carbons (Fsp3) is 0.684. The van der Waals surface area contributed by atoms with Gasteiger partial charge in [0.2, 0.25) is 10.0 Å². The van der Waals surface area contributed by atoms with Crippen LogP contribution in [0.4, 0.5) is 0 Å². The summed E-state index contributed by atoms with van der Waals surface area (Å²) in [7, 11) is -7.29. The Labute approximate surface area is 184 Å². The van der Waals surface area contributed by atoms with Crippen molar-refractivity contribution in [1.29, 1.82) is 0 Å². The number of rotatable bonds is 6. The highest BCUT2D eigenvalue weighted by atomic mass is 35.5. The Kier molecular flexibility index (Phi) is 6.47. The number of benzene rings is 1. The number of hydrogen-bond acceptors (Lipinski definition) is 5. The maximum absolute atomic E-state index is 13.1. The summed E-state index contributed by atoms with van der Waals surface area (Å²) in [6, 6.07) is 6.22. The average Bonchev–Trinajstić information content (AvgIpc) is 2.68. The number of nitrogens with one attached hydrogen (secondary N) is 1. The third kappa shape index (κ3) is 4.85. The van der Waals surface area contributed by atoms with Gasteiger partial charge in [0.15, 0.2) is 0 Å². The van der Waals surface area contributed by atoms with Crippen LogP contribution >= 0.6 is 11.6 Å². The van der Waals surface area contributed by atoms with Crippen molar-refractivity contribution in [2.45, 2.75) is 44.2 Å². The average molecular weight is 477 g/mol. The van der Waals surface area contributed by atoms with Crippen LogP contribution in [0, 0.1) is 5.92 Å². The number of sulfonamides is 1. The van der Waals surface area contributed by atoms with Crippen LogP contribution in [0.5, 0.6) is 0 Å². The fourth-order valence-corrected chi connectivity index (χ4v) is 7.73. The number of fused-ring (bicyclic) bond motifs is 4.